The fourth-order valence-electron chi connectivity index (χ4n) is 2.75. The first-order valence-corrected chi connectivity index (χ1v) is 7.13. The molecule has 0 saturated heterocycles. The summed E-state index contributed by atoms with van der Waals surface area (Å²) >= 11 is 5.29. The summed E-state index contributed by atoms with van der Waals surface area (Å²) in [7, 11) is 1.62. The Balaban J connectivity index is 2.28. The van der Waals surface area contributed by atoms with Gasteiger partial charge in [0.25, 0.3) is 0 Å². The average Bonchev–Trinajstić information content (AvgIpc) is 2.47. The molecule has 1 aromatic carbocycles. The predicted octanol–water partition coefficient (Wildman–Crippen LogP) is 2.78. The molecule has 1 heterocycles. The molecule has 0 fully saturated rings. The molecule has 0 bridgehead atoms. The molecule has 3 rings (SSSR count). The summed E-state index contributed by atoms with van der Waals surface area (Å²) in [5.41, 5.74) is 2.79. The number of H-pyrrole nitrogens is 1. The monoisotopic (exact) mass is 288 g/mol. The van der Waals surface area contributed by atoms with E-state index in [0.717, 1.165) is 48.4 Å². The van der Waals surface area contributed by atoms with Gasteiger partial charge in [-0.05, 0) is 37.8 Å². The SMILES string of the molecule is COc1cccc(-n2c3c(c(=S)[nH]c2=O)CCCC3)c1. The van der Waals surface area contributed by atoms with Gasteiger partial charge in [-0.15, -0.1) is 0 Å². The number of fused-ring (bicyclic) bond motifs is 1. The van der Waals surface area contributed by atoms with E-state index in [1.54, 1.807) is 11.7 Å². The van der Waals surface area contributed by atoms with E-state index in [9.17, 15) is 4.79 Å². The van der Waals surface area contributed by atoms with Gasteiger partial charge in [0.05, 0.1) is 12.8 Å². The Morgan fingerprint density at radius 1 is 1.30 bits per heavy atom. The van der Waals surface area contributed by atoms with Crippen LogP contribution in [0.25, 0.3) is 5.69 Å². The van der Waals surface area contributed by atoms with E-state index < -0.39 is 0 Å². The predicted molar refractivity (Wildman–Crippen MR) is 80.4 cm³/mol. The van der Waals surface area contributed by atoms with Crippen LogP contribution in [-0.4, -0.2) is 16.7 Å². The lowest BCUT2D eigenvalue weighted by Crippen LogP contribution is -2.28. The minimum atomic E-state index is -0.177. The van der Waals surface area contributed by atoms with Crippen molar-refractivity contribution in [3.05, 3.63) is 50.6 Å². The Kier molecular flexibility index (Phi) is 3.44. The van der Waals surface area contributed by atoms with Crippen LogP contribution in [0.15, 0.2) is 29.1 Å². The Morgan fingerprint density at radius 2 is 2.10 bits per heavy atom. The summed E-state index contributed by atoms with van der Waals surface area (Å²) in [5.74, 6) is 0.737. The second kappa shape index (κ2) is 5.25. The summed E-state index contributed by atoms with van der Waals surface area (Å²) in [6.07, 6.45) is 4.05. The molecule has 20 heavy (non-hydrogen) atoms. The van der Waals surface area contributed by atoms with Gasteiger partial charge in [-0.3, -0.25) is 9.55 Å². The normalized spacial score (nSPS) is 13.8. The average molecular weight is 288 g/mol. The maximum Gasteiger partial charge on any atom is 0.331 e. The van der Waals surface area contributed by atoms with Crippen molar-refractivity contribution in [2.24, 2.45) is 0 Å². The molecule has 0 saturated carbocycles. The van der Waals surface area contributed by atoms with Crippen molar-refractivity contribution >= 4 is 12.2 Å². The van der Waals surface area contributed by atoms with Gasteiger partial charge < -0.3 is 4.74 Å². The minimum Gasteiger partial charge on any atom is -0.497 e. The first-order chi connectivity index (χ1) is 9.70. The highest BCUT2D eigenvalue weighted by atomic mass is 32.1. The lowest BCUT2D eigenvalue weighted by Gasteiger charge is -2.21. The summed E-state index contributed by atoms with van der Waals surface area (Å²) in [4.78, 5) is 15.1. The fourth-order valence-corrected chi connectivity index (χ4v) is 3.06. The van der Waals surface area contributed by atoms with Crippen LogP contribution in [0, 0.1) is 4.64 Å². The molecule has 1 aliphatic rings. The zero-order valence-electron chi connectivity index (χ0n) is 11.3. The maximum atomic E-state index is 12.3. The largest absolute Gasteiger partial charge is 0.497 e. The van der Waals surface area contributed by atoms with E-state index in [1.807, 2.05) is 24.3 Å². The molecule has 2 aromatic rings. The van der Waals surface area contributed by atoms with Crippen LogP contribution in [0.3, 0.4) is 0 Å². The number of aromatic nitrogens is 2. The van der Waals surface area contributed by atoms with Crippen LogP contribution in [0.5, 0.6) is 5.75 Å². The lowest BCUT2D eigenvalue weighted by atomic mass is 9.97. The lowest BCUT2D eigenvalue weighted by molar-refractivity contribution is 0.414. The molecular formula is C15H16N2O2S. The molecule has 0 spiro atoms. The molecule has 104 valence electrons. The van der Waals surface area contributed by atoms with Crippen molar-refractivity contribution in [1.82, 2.24) is 9.55 Å². The third-order valence-corrected chi connectivity index (χ3v) is 4.07. The molecule has 0 unspecified atom stereocenters. The summed E-state index contributed by atoms with van der Waals surface area (Å²) in [6, 6.07) is 7.53. The van der Waals surface area contributed by atoms with Crippen molar-refractivity contribution < 1.29 is 4.74 Å². The highest BCUT2D eigenvalue weighted by molar-refractivity contribution is 7.71. The molecule has 5 heteroatoms. The van der Waals surface area contributed by atoms with E-state index in [2.05, 4.69) is 4.98 Å². The van der Waals surface area contributed by atoms with E-state index in [0.29, 0.717) is 4.64 Å². The van der Waals surface area contributed by atoms with Crippen LogP contribution < -0.4 is 10.4 Å². The van der Waals surface area contributed by atoms with Crippen molar-refractivity contribution in [2.45, 2.75) is 25.7 Å². The summed E-state index contributed by atoms with van der Waals surface area (Å²) in [6.45, 7) is 0. The third kappa shape index (κ3) is 2.18. The van der Waals surface area contributed by atoms with Gasteiger partial charge in [0.15, 0.2) is 0 Å². The Hall–Kier alpha value is -1.88. The molecule has 0 amide bonds. The molecule has 0 radical (unpaired) electrons. The van der Waals surface area contributed by atoms with Gasteiger partial charge in [-0.25, -0.2) is 4.79 Å². The Morgan fingerprint density at radius 3 is 2.90 bits per heavy atom. The third-order valence-electron chi connectivity index (χ3n) is 3.72. The van der Waals surface area contributed by atoms with Gasteiger partial charge in [-0.1, -0.05) is 18.3 Å². The van der Waals surface area contributed by atoms with Crippen molar-refractivity contribution in [1.29, 1.82) is 0 Å². The Bertz CT molecular complexity index is 761. The van der Waals surface area contributed by atoms with Crippen molar-refractivity contribution in [3.8, 4) is 11.4 Å². The van der Waals surface area contributed by atoms with Gasteiger partial charge in [0, 0.05) is 17.3 Å². The number of nitrogens with zero attached hydrogens (tertiary/aromatic N) is 1. The number of nitrogens with one attached hydrogen (secondary N) is 1. The fraction of sp³-hybridized carbons (Fsp3) is 0.333. The highest BCUT2D eigenvalue weighted by Gasteiger charge is 2.17. The van der Waals surface area contributed by atoms with Crippen LogP contribution in [0.1, 0.15) is 24.1 Å². The molecule has 1 N–H and O–H groups in total. The van der Waals surface area contributed by atoms with Crippen LogP contribution in [-0.2, 0) is 12.8 Å². The van der Waals surface area contributed by atoms with Crippen molar-refractivity contribution in [2.75, 3.05) is 7.11 Å². The smallest absolute Gasteiger partial charge is 0.331 e. The number of aromatic amines is 1. The van der Waals surface area contributed by atoms with E-state index in [1.165, 1.54) is 0 Å². The molecule has 4 nitrogen and oxygen atoms in total. The van der Waals surface area contributed by atoms with Crippen LogP contribution in [0.4, 0.5) is 0 Å². The quantitative estimate of drug-likeness (QED) is 0.864. The molecule has 0 aliphatic heterocycles. The van der Waals surface area contributed by atoms with Gasteiger partial charge in [-0.2, -0.15) is 0 Å². The van der Waals surface area contributed by atoms with E-state index in [-0.39, 0.29) is 5.69 Å². The zero-order valence-corrected chi connectivity index (χ0v) is 12.1. The maximum absolute atomic E-state index is 12.3. The standard InChI is InChI=1S/C15H16N2O2S/c1-19-11-6-4-5-10(9-11)17-13-8-3-2-7-12(13)14(20)16-15(17)18/h4-6,9H,2-3,7-8H2,1H3,(H,16,18,20). The van der Waals surface area contributed by atoms with Crippen molar-refractivity contribution in [3.63, 3.8) is 0 Å². The second-order valence-corrected chi connectivity index (χ2v) is 5.34. The van der Waals surface area contributed by atoms with Gasteiger partial charge in [0.1, 0.15) is 10.4 Å². The topological polar surface area (TPSA) is 47.0 Å². The first kappa shape index (κ1) is 13.1. The molecular weight excluding hydrogens is 272 g/mol. The summed E-state index contributed by atoms with van der Waals surface area (Å²) in [5, 5.41) is 0. The van der Waals surface area contributed by atoms with Gasteiger partial charge in [0.2, 0.25) is 0 Å². The first-order valence-electron chi connectivity index (χ1n) is 6.72. The zero-order chi connectivity index (χ0) is 14.1. The number of methoxy groups -OCH3 is 1. The highest BCUT2D eigenvalue weighted by Crippen LogP contribution is 2.24. The molecule has 0 atom stereocenters. The number of benzene rings is 1. The second-order valence-electron chi connectivity index (χ2n) is 4.93. The van der Waals surface area contributed by atoms with E-state index in [4.69, 9.17) is 17.0 Å². The summed E-state index contributed by atoms with van der Waals surface area (Å²) < 4.78 is 7.55. The number of hydrogen-bond acceptors (Lipinski definition) is 3. The number of hydrogen-bond donors (Lipinski definition) is 1. The van der Waals surface area contributed by atoms with Crippen LogP contribution >= 0.6 is 12.2 Å². The van der Waals surface area contributed by atoms with Crippen LogP contribution in [0.2, 0.25) is 0 Å². The van der Waals surface area contributed by atoms with Gasteiger partial charge >= 0.3 is 5.69 Å². The molecule has 1 aliphatic carbocycles. The number of rotatable bonds is 2. The minimum absolute atomic E-state index is 0.177. The number of ether oxygens (including phenoxy) is 1. The van der Waals surface area contributed by atoms with E-state index >= 15 is 0 Å². The Labute approximate surface area is 122 Å². The molecule has 1 aromatic heterocycles.